The van der Waals surface area contributed by atoms with Crippen molar-refractivity contribution >= 4 is 16.9 Å². The maximum atomic E-state index is 13.2. The summed E-state index contributed by atoms with van der Waals surface area (Å²) in [5.41, 5.74) is 0.525. The second-order valence-corrected chi connectivity index (χ2v) is 9.46. The smallest absolute Gasteiger partial charge is 0.416 e. The Morgan fingerprint density at radius 2 is 1.97 bits per heavy atom. The van der Waals surface area contributed by atoms with E-state index in [-0.39, 0.29) is 17.5 Å². The summed E-state index contributed by atoms with van der Waals surface area (Å²) in [6.07, 6.45) is -2.17. The summed E-state index contributed by atoms with van der Waals surface area (Å²) in [4.78, 5) is 14.6. The number of fused-ring (bicyclic) bond motifs is 1. The van der Waals surface area contributed by atoms with Gasteiger partial charge in [-0.15, -0.1) is 0 Å². The minimum Gasteiger partial charge on any atom is -0.488 e. The number of ether oxygens (including phenoxy) is 3. The van der Waals surface area contributed by atoms with Crippen molar-refractivity contribution in [1.82, 2.24) is 14.3 Å². The summed E-state index contributed by atoms with van der Waals surface area (Å²) in [5.74, 6) is 0.941. The van der Waals surface area contributed by atoms with Crippen LogP contribution in [0.4, 0.5) is 19.0 Å². The zero-order valence-corrected chi connectivity index (χ0v) is 20.9. The number of nitrogens with zero attached hydrogens (tertiary/aromatic N) is 4. The second kappa shape index (κ2) is 10.4. The number of pyridine rings is 1. The molecule has 2 aromatic heterocycles. The molecule has 0 radical (unpaired) electrons. The normalized spacial score (nSPS) is 22.9. The highest BCUT2D eigenvalue weighted by molar-refractivity contribution is 5.87. The van der Waals surface area contributed by atoms with Crippen molar-refractivity contribution in [2.24, 2.45) is 7.05 Å². The van der Waals surface area contributed by atoms with Crippen LogP contribution in [0.3, 0.4) is 0 Å². The van der Waals surface area contributed by atoms with E-state index in [1.54, 1.807) is 17.7 Å². The molecule has 2 saturated heterocycles. The lowest BCUT2D eigenvalue weighted by molar-refractivity contribution is -0.137. The number of hydrogen-bond acceptors (Lipinski definition) is 6. The molecule has 0 aliphatic carbocycles. The SMILES string of the molecule is CCO[C@@H]1CN(c2c3c(ccc(=O)n3C)nn2C2CCCCO2)CC[C@H]1Oc1cccc(C(F)(F)F)c1. The Kier molecular flexibility index (Phi) is 7.17. The highest BCUT2D eigenvalue weighted by atomic mass is 19.4. The molecular formula is C26H31F3N4O4. The van der Waals surface area contributed by atoms with Crippen molar-refractivity contribution in [2.45, 2.75) is 57.2 Å². The zero-order valence-electron chi connectivity index (χ0n) is 20.9. The molecule has 200 valence electrons. The maximum Gasteiger partial charge on any atom is 0.416 e. The van der Waals surface area contributed by atoms with Crippen molar-refractivity contribution in [3.8, 4) is 5.75 Å². The van der Waals surface area contributed by atoms with Gasteiger partial charge in [-0.25, -0.2) is 4.68 Å². The van der Waals surface area contributed by atoms with Gasteiger partial charge in [-0.2, -0.15) is 18.3 Å². The largest absolute Gasteiger partial charge is 0.488 e. The second-order valence-electron chi connectivity index (χ2n) is 9.46. The van der Waals surface area contributed by atoms with E-state index in [1.165, 1.54) is 18.2 Å². The van der Waals surface area contributed by atoms with E-state index >= 15 is 0 Å². The Balaban J connectivity index is 1.46. The molecule has 2 aliphatic heterocycles. The van der Waals surface area contributed by atoms with E-state index in [2.05, 4.69) is 4.90 Å². The fraction of sp³-hybridized carbons (Fsp3) is 0.538. The molecule has 3 aromatic rings. The van der Waals surface area contributed by atoms with Gasteiger partial charge >= 0.3 is 6.18 Å². The van der Waals surface area contributed by atoms with Crippen LogP contribution in [0.5, 0.6) is 5.75 Å². The van der Waals surface area contributed by atoms with E-state index < -0.39 is 23.9 Å². The Morgan fingerprint density at radius 1 is 1.14 bits per heavy atom. The fourth-order valence-corrected chi connectivity index (χ4v) is 5.17. The first-order chi connectivity index (χ1) is 17.8. The molecule has 0 amide bonds. The molecule has 8 nitrogen and oxygen atoms in total. The molecular weight excluding hydrogens is 489 g/mol. The Labute approximate surface area is 212 Å². The Bertz CT molecular complexity index is 1300. The number of aromatic nitrogens is 3. The third-order valence-corrected chi connectivity index (χ3v) is 6.99. The van der Waals surface area contributed by atoms with Crippen LogP contribution in [0, 0.1) is 0 Å². The minimum absolute atomic E-state index is 0.137. The van der Waals surface area contributed by atoms with Gasteiger partial charge in [0.25, 0.3) is 5.56 Å². The van der Waals surface area contributed by atoms with Crippen molar-refractivity contribution in [3.63, 3.8) is 0 Å². The highest BCUT2D eigenvalue weighted by Crippen LogP contribution is 2.36. The highest BCUT2D eigenvalue weighted by Gasteiger charge is 2.36. The van der Waals surface area contributed by atoms with Gasteiger partial charge in [0.15, 0.2) is 12.0 Å². The number of benzene rings is 1. The monoisotopic (exact) mass is 520 g/mol. The molecule has 11 heteroatoms. The van der Waals surface area contributed by atoms with E-state index in [0.29, 0.717) is 43.8 Å². The maximum absolute atomic E-state index is 13.2. The molecule has 0 saturated carbocycles. The number of aryl methyl sites for hydroxylation is 1. The third-order valence-electron chi connectivity index (χ3n) is 6.99. The van der Waals surface area contributed by atoms with Gasteiger partial charge in [0.05, 0.1) is 5.56 Å². The van der Waals surface area contributed by atoms with Crippen LogP contribution in [-0.2, 0) is 22.7 Å². The molecule has 5 rings (SSSR count). The van der Waals surface area contributed by atoms with Crippen LogP contribution in [0.15, 0.2) is 41.2 Å². The van der Waals surface area contributed by atoms with Gasteiger partial charge < -0.3 is 23.7 Å². The minimum atomic E-state index is -4.45. The zero-order chi connectivity index (χ0) is 26.2. The summed E-state index contributed by atoms with van der Waals surface area (Å²) in [7, 11) is 1.73. The first-order valence-corrected chi connectivity index (χ1v) is 12.7. The molecule has 0 bridgehead atoms. The molecule has 37 heavy (non-hydrogen) atoms. The van der Waals surface area contributed by atoms with E-state index in [4.69, 9.17) is 19.3 Å². The van der Waals surface area contributed by atoms with Gasteiger partial charge in [0.1, 0.15) is 29.0 Å². The van der Waals surface area contributed by atoms with Gasteiger partial charge in [-0.1, -0.05) is 6.07 Å². The summed E-state index contributed by atoms with van der Waals surface area (Å²) in [6, 6.07) is 8.16. The number of rotatable bonds is 6. The van der Waals surface area contributed by atoms with Gasteiger partial charge in [-0.05, 0) is 50.5 Å². The predicted octanol–water partition coefficient (Wildman–Crippen LogP) is 4.52. The van der Waals surface area contributed by atoms with Crippen molar-refractivity contribution in [1.29, 1.82) is 0 Å². The average Bonchev–Trinajstić information content (AvgIpc) is 3.28. The molecule has 4 heterocycles. The van der Waals surface area contributed by atoms with Crippen molar-refractivity contribution < 1.29 is 27.4 Å². The summed E-state index contributed by atoms with van der Waals surface area (Å²) in [6.45, 7) is 3.91. The molecule has 3 atom stereocenters. The number of hydrogen-bond donors (Lipinski definition) is 0. The Hall–Kier alpha value is -3.05. The number of alkyl halides is 3. The van der Waals surface area contributed by atoms with Crippen LogP contribution in [0.25, 0.3) is 11.0 Å². The standard InChI is InChI=1S/C26H31F3N4O4/c1-3-35-21-16-32(13-12-20(21)37-18-8-6-7-17(15-18)26(27,28)29)25-24-19(10-11-22(34)31(24)2)30-33(25)23-9-4-5-14-36-23/h6-8,10-11,15,20-21,23H,3-5,9,12-14,16H2,1-2H3/t20-,21-,23?/m1/s1. The predicted molar refractivity (Wildman–Crippen MR) is 132 cm³/mol. The summed E-state index contributed by atoms with van der Waals surface area (Å²) in [5, 5.41) is 4.82. The molecule has 1 unspecified atom stereocenters. The van der Waals surface area contributed by atoms with E-state index in [0.717, 1.165) is 37.2 Å². The molecule has 1 aromatic carbocycles. The van der Waals surface area contributed by atoms with Crippen LogP contribution in [-0.4, -0.2) is 52.9 Å². The van der Waals surface area contributed by atoms with Crippen LogP contribution < -0.4 is 15.2 Å². The Morgan fingerprint density at radius 3 is 2.70 bits per heavy atom. The van der Waals surface area contributed by atoms with Crippen LogP contribution >= 0.6 is 0 Å². The summed E-state index contributed by atoms with van der Waals surface area (Å²) < 4.78 is 61.2. The van der Waals surface area contributed by atoms with Crippen molar-refractivity contribution in [2.75, 3.05) is 31.2 Å². The molecule has 0 spiro atoms. The third kappa shape index (κ3) is 5.19. The van der Waals surface area contributed by atoms with Crippen molar-refractivity contribution in [3.05, 3.63) is 52.3 Å². The first kappa shape index (κ1) is 25.6. The topological polar surface area (TPSA) is 70.8 Å². The number of anilines is 1. The average molecular weight is 521 g/mol. The molecule has 2 aliphatic rings. The number of halogens is 3. The molecule has 2 fully saturated rings. The summed E-state index contributed by atoms with van der Waals surface area (Å²) >= 11 is 0. The van der Waals surface area contributed by atoms with Crippen LogP contribution in [0.1, 0.15) is 44.4 Å². The van der Waals surface area contributed by atoms with E-state index in [1.807, 2.05) is 11.6 Å². The number of piperidine rings is 1. The van der Waals surface area contributed by atoms with Gasteiger partial charge in [0, 0.05) is 45.8 Å². The van der Waals surface area contributed by atoms with E-state index in [9.17, 15) is 18.0 Å². The first-order valence-electron chi connectivity index (χ1n) is 12.7. The lowest BCUT2D eigenvalue weighted by Crippen LogP contribution is -2.51. The lowest BCUT2D eigenvalue weighted by atomic mass is 10.0. The quantitative estimate of drug-likeness (QED) is 0.476. The van der Waals surface area contributed by atoms with Gasteiger partial charge in [0.2, 0.25) is 0 Å². The van der Waals surface area contributed by atoms with Gasteiger partial charge in [-0.3, -0.25) is 4.79 Å². The lowest BCUT2D eigenvalue weighted by Gasteiger charge is -2.40. The molecule has 0 N–H and O–H groups in total. The van der Waals surface area contributed by atoms with Crippen LogP contribution in [0.2, 0.25) is 0 Å². The fourth-order valence-electron chi connectivity index (χ4n) is 5.17.